The number of thioether (sulfide) groups is 1. The minimum Gasteiger partial charge on any atom is -0.478 e. The molecule has 0 saturated heterocycles. The van der Waals surface area contributed by atoms with E-state index in [4.69, 9.17) is 5.11 Å². The van der Waals surface area contributed by atoms with E-state index in [-0.39, 0.29) is 16.4 Å². The molecular formula is C9H8O3S2. The Morgan fingerprint density at radius 2 is 1.86 bits per heavy atom. The van der Waals surface area contributed by atoms with Gasteiger partial charge in [-0.1, -0.05) is 11.8 Å². The molecule has 0 aliphatic rings. The number of rotatable bonds is 3. The van der Waals surface area contributed by atoms with Gasteiger partial charge in [0.25, 0.3) is 0 Å². The highest BCUT2D eigenvalue weighted by Crippen LogP contribution is 2.19. The molecule has 0 aliphatic carbocycles. The first-order chi connectivity index (χ1) is 6.63. The molecule has 0 bridgehead atoms. The molecule has 0 unspecified atom stereocenters. The van der Waals surface area contributed by atoms with Gasteiger partial charge in [-0.3, -0.25) is 4.79 Å². The van der Waals surface area contributed by atoms with Crippen LogP contribution in [0.15, 0.2) is 29.2 Å². The summed E-state index contributed by atoms with van der Waals surface area (Å²) in [7, 11) is 0. The molecule has 0 aromatic heterocycles. The van der Waals surface area contributed by atoms with E-state index in [9.17, 15) is 9.59 Å². The monoisotopic (exact) mass is 228 g/mol. The lowest BCUT2D eigenvalue weighted by Gasteiger charge is -1.98. The van der Waals surface area contributed by atoms with E-state index in [1.807, 2.05) is 0 Å². The molecule has 1 aromatic rings. The van der Waals surface area contributed by atoms with Crippen molar-refractivity contribution in [2.45, 2.75) is 4.90 Å². The molecule has 1 N–H and O–H groups in total. The first-order valence-electron chi connectivity index (χ1n) is 3.78. The van der Waals surface area contributed by atoms with Crippen molar-refractivity contribution < 1.29 is 14.7 Å². The summed E-state index contributed by atoms with van der Waals surface area (Å²) in [5.74, 6) is -0.798. The van der Waals surface area contributed by atoms with Crippen LogP contribution in [-0.4, -0.2) is 21.9 Å². The van der Waals surface area contributed by atoms with Crippen LogP contribution in [0.2, 0.25) is 0 Å². The maximum atomic E-state index is 11.0. The Morgan fingerprint density at radius 1 is 1.29 bits per heavy atom. The van der Waals surface area contributed by atoms with Gasteiger partial charge >= 0.3 is 5.97 Å². The van der Waals surface area contributed by atoms with Crippen molar-refractivity contribution in [3.63, 3.8) is 0 Å². The molecule has 0 atom stereocenters. The molecule has 3 nitrogen and oxygen atoms in total. The molecule has 0 fully saturated rings. The highest BCUT2D eigenvalue weighted by atomic mass is 32.2. The second-order valence-corrected chi connectivity index (χ2v) is 3.91. The van der Waals surface area contributed by atoms with Crippen molar-refractivity contribution in [1.82, 2.24) is 0 Å². The zero-order valence-electron chi connectivity index (χ0n) is 7.14. The van der Waals surface area contributed by atoms with E-state index in [0.717, 1.165) is 16.7 Å². The van der Waals surface area contributed by atoms with Gasteiger partial charge in [0.05, 0.1) is 11.3 Å². The summed E-state index contributed by atoms with van der Waals surface area (Å²) in [6.07, 6.45) is 0. The smallest absolute Gasteiger partial charge is 0.335 e. The van der Waals surface area contributed by atoms with Gasteiger partial charge in [0.2, 0.25) is 5.12 Å². The van der Waals surface area contributed by atoms with E-state index < -0.39 is 5.97 Å². The zero-order chi connectivity index (χ0) is 10.6. The van der Waals surface area contributed by atoms with Gasteiger partial charge < -0.3 is 5.11 Å². The Kier molecular flexibility index (Phi) is 4.03. The number of hydrogen-bond donors (Lipinski definition) is 2. The minimum absolute atomic E-state index is 0.0589. The number of benzene rings is 1. The molecule has 0 saturated carbocycles. The molecule has 0 amide bonds. The topological polar surface area (TPSA) is 54.4 Å². The third-order valence-corrected chi connectivity index (χ3v) is 2.84. The number of aromatic carboxylic acids is 1. The van der Waals surface area contributed by atoms with Crippen LogP contribution in [0.4, 0.5) is 0 Å². The Morgan fingerprint density at radius 3 is 2.29 bits per heavy atom. The van der Waals surface area contributed by atoms with Gasteiger partial charge in [-0.05, 0) is 24.3 Å². The number of hydrogen-bond acceptors (Lipinski definition) is 4. The Bertz CT molecular complexity index is 346. The van der Waals surface area contributed by atoms with Crippen LogP contribution >= 0.6 is 24.4 Å². The normalized spacial score (nSPS) is 9.79. The largest absolute Gasteiger partial charge is 0.478 e. The van der Waals surface area contributed by atoms with E-state index in [0.29, 0.717) is 0 Å². The van der Waals surface area contributed by atoms with E-state index in [1.54, 1.807) is 12.1 Å². The summed E-state index contributed by atoms with van der Waals surface area (Å²) in [5, 5.41) is 8.56. The third kappa shape index (κ3) is 3.08. The molecule has 0 heterocycles. The summed E-state index contributed by atoms with van der Waals surface area (Å²) in [4.78, 5) is 22.2. The molecule has 0 radical (unpaired) electrons. The van der Waals surface area contributed by atoms with Gasteiger partial charge in [0.15, 0.2) is 0 Å². The Balaban J connectivity index is 2.73. The molecule has 1 rings (SSSR count). The quantitative estimate of drug-likeness (QED) is 0.613. The summed E-state index contributed by atoms with van der Waals surface area (Å²) in [6, 6.07) is 6.15. The van der Waals surface area contributed by atoms with Crippen molar-refractivity contribution in [1.29, 1.82) is 0 Å². The molecular weight excluding hydrogens is 220 g/mol. The van der Waals surface area contributed by atoms with Crippen molar-refractivity contribution in [3.8, 4) is 0 Å². The Labute approximate surface area is 90.9 Å². The molecule has 1 aromatic carbocycles. The van der Waals surface area contributed by atoms with Gasteiger partial charge in [-0.25, -0.2) is 4.79 Å². The van der Waals surface area contributed by atoms with Crippen LogP contribution in [0.3, 0.4) is 0 Å². The summed E-state index contributed by atoms with van der Waals surface area (Å²) < 4.78 is 0. The van der Waals surface area contributed by atoms with Crippen molar-refractivity contribution in [2.75, 3.05) is 5.75 Å². The second-order valence-electron chi connectivity index (χ2n) is 2.46. The van der Waals surface area contributed by atoms with Crippen LogP contribution in [0.1, 0.15) is 10.4 Å². The maximum absolute atomic E-state index is 11.0. The van der Waals surface area contributed by atoms with E-state index in [2.05, 4.69) is 12.6 Å². The lowest BCUT2D eigenvalue weighted by atomic mass is 10.2. The van der Waals surface area contributed by atoms with Crippen LogP contribution in [0.5, 0.6) is 0 Å². The summed E-state index contributed by atoms with van der Waals surface area (Å²) >= 11 is 4.89. The SMILES string of the molecule is O=C(CS)Sc1ccc(C(=O)O)cc1. The Hall–Kier alpha value is -0.940. The summed E-state index contributed by atoms with van der Waals surface area (Å²) in [5.41, 5.74) is 0.215. The fourth-order valence-electron chi connectivity index (χ4n) is 0.829. The molecule has 14 heavy (non-hydrogen) atoms. The molecule has 5 heteroatoms. The van der Waals surface area contributed by atoms with Gasteiger partial charge in [0, 0.05) is 4.90 Å². The third-order valence-electron chi connectivity index (χ3n) is 1.46. The first-order valence-corrected chi connectivity index (χ1v) is 5.23. The number of carboxylic acids is 1. The number of thiol groups is 1. The average molecular weight is 228 g/mol. The van der Waals surface area contributed by atoms with Crippen LogP contribution in [0.25, 0.3) is 0 Å². The van der Waals surface area contributed by atoms with Crippen LogP contribution in [-0.2, 0) is 4.79 Å². The number of carboxylic acid groups (broad SMARTS) is 1. The molecule has 0 aliphatic heterocycles. The van der Waals surface area contributed by atoms with Crippen molar-refractivity contribution >= 4 is 35.5 Å². The van der Waals surface area contributed by atoms with Crippen molar-refractivity contribution in [2.24, 2.45) is 0 Å². The molecule has 0 spiro atoms. The highest BCUT2D eigenvalue weighted by molar-refractivity contribution is 8.14. The predicted octanol–water partition coefficient (Wildman–Crippen LogP) is 1.93. The number of carbonyl (C=O) groups excluding carboxylic acids is 1. The number of carbonyl (C=O) groups is 2. The van der Waals surface area contributed by atoms with E-state index >= 15 is 0 Å². The van der Waals surface area contributed by atoms with Crippen LogP contribution in [0, 0.1) is 0 Å². The van der Waals surface area contributed by atoms with Crippen LogP contribution < -0.4 is 0 Å². The van der Waals surface area contributed by atoms with Gasteiger partial charge in [-0.15, -0.1) is 0 Å². The fraction of sp³-hybridized carbons (Fsp3) is 0.111. The predicted molar refractivity (Wildman–Crippen MR) is 58.1 cm³/mol. The summed E-state index contributed by atoms with van der Waals surface area (Å²) in [6.45, 7) is 0. The van der Waals surface area contributed by atoms with E-state index in [1.165, 1.54) is 12.1 Å². The zero-order valence-corrected chi connectivity index (χ0v) is 8.85. The average Bonchev–Trinajstić information content (AvgIpc) is 2.18. The van der Waals surface area contributed by atoms with Crippen molar-refractivity contribution in [3.05, 3.63) is 29.8 Å². The standard InChI is InChI=1S/C9H8O3S2/c10-8(5-13)14-7-3-1-6(2-4-7)9(11)12/h1-4,13H,5H2,(H,11,12). The van der Waals surface area contributed by atoms with Gasteiger partial charge in [-0.2, -0.15) is 12.6 Å². The minimum atomic E-state index is -0.970. The van der Waals surface area contributed by atoms with Gasteiger partial charge in [0.1, 0.15) is 0 Å². The maximum Gasteiger partial charge on any atom is 0.335 e. The lowest BCUT2D eigenvalue weighted by molar-refractivity contribution is -0.108. The molecule has 74 valence electrons. The fourth-order valence-corrected chi connectivity index (χ4v) is 1.62. The lowest BCUT2D eigenvalue weighted by Crippen LogP contribution is -1.96. The highest BCUT2D eigenvalue weighted by Gasteiger charge is 2.04. The first kappa shape index (κ1) is 11.1. The second kappa shape index (κ2) is 5.07.